The van der Waals surface area contributed by atoms with Gasteiger partial charge in [0, 0.05) is 20.2 Å². The van der Waals surface area contributed by atoms with Gasteiger partial charge in [0.05, 0.1) is 13.2 Å². The number of nitrogens with one attached hydrogen (secondary N) is 2. The molecule has 23 heavy (non-hydrogen) atoms. The first kappa shape index (κ1) is 19.3. The molecule has 0 aromatic heterocycles. The van der Waals surface area contributed by atoms with E-state index in [1.165, 1.54) is 19.3 Å². The first-order valence-corrected chi connectivity index (χ1v) is 8.53. The first-order chi connectivity index (χ1) is 11.3. The van der Waals surface area contributed by atoms with Gasteiger partial charge in [-0.15, -0.1) is 0 Å². The molecule has 0 amide bonds. The van der Waals surface area contributed by atoms with Crippen molar-refractivity contribution in [1.29, 1.82) is 0 Å². The van der Waals surface area contributed by atoms with Crippen molar-refractivity contribution in [2.45, 2.75) is 39.7 Å². The fourth-order valence-corrected chi connectivity index (χ4v) is 2.07. The zero-order valence-corrected chi connectivity index (χ0v) is 14.7. The Hall–Kier alpha value is -1.75. The van der Waals surface area contributed by atoms with E-state index >= 15 is 0 Å². The molecule has 0 aliphatic heterocycles. The summed E-state index contributed by atoms with van der Waals surface area (Å²) in [4.78, 5) is 4.63. The van der Waals surface area contributed by atoms with Crippen molar-refractivity contribution in [2.24, 2.45) is 4.99 Å². The Kier molecular flexibility index (Phi) is 10.7. The molecule has 0 aliphatic carbocycles. The van der Waals surface area contributed by atoms with Gasteiger partial charge < -0.3 is 20.1 Å². The minimum Gasteiger partial charge on any atom is -0.491 e. The minimum atomic E-state index is 0.560. The number of hydrogen-bond acceptors (Lipinski definition) is 3. The van der Waals surface area contributed by atoms with Crippen LogP contribution in [0.15, 0.2) is 29.3 Å². The molecule has 5 nitrogen and oxygen atoms in total. The number of benzene rings is 1. The molecule has 0 fully saturated rings. The quantitative estimate of drug-likeness (QED) is 0.374. The summed E-state index contributed by atoms with van der Waals surface area (Å²) in [5.74, 6) is 1.73. The summed E-state index contributed by atoms with van der Waals surface area (Å²) in [5.41, 5.74) is 1.13. The third-order valence-electron chi connectivity index (χ3n) is 3.29. The largest absolute Gasteiger partial charge is 0.491 e. The molecule has 0 heterocycles. The lowest BCUT2D eigenvalue weighted by Crippen LogP contribution is -2.37. The molecule has 130 valence electrons. The van der Waals surface area contributed by atoms with Crippen LogP contribution in [0.1, 0.15) is 38.7 Å². The number of rotatable bonds is 11. The van der Waals surface area contributed by atoms with Crippen molar-refractivity contribution in [3.05, 3.63) is 29.8 Å². The van der Waals surface area contributed by atoms with E-state index in [4.69, 9.17) is 9.47 Å². The molecule has 0 radical (unpaired) electrons. The van der Waals surface area contributed by atoms with Crippen LogP contribution in [0.4, 0.5) is 0 Å². The van der Waals surface area contributed by atoms with Crippen LogP contribution in [0.25, 0.3) is 0 Å². The van der Waals surface area contributed by atoms with Gasteiger partial charge in [-0.1, -0.05) is 31.9 Å². The normalized spacial score (nSPS) is 11.3. The summed E-state index contributed by atoms with van der Waals surface area (Å²) in [5, 5.41) is 6.65. The van der Waals surface area contributed by atoms with E-state index in [-0.39, 0.29) is 0 Å². The summed E-state index contributed by atoms with van der Waals surface area (Å²) in [6, 6.07) is 8.04. The summed E-state index contributed by atoms with van der Waals surface area (Å²) in [7, 11) is 1.67. The maximum Gasteiger partial charge on any atom is 0.191 e. The second-order valence-corrected chi connectivity index (χ2v) is 5.32. The van der Waals surface area contributed by atoms with Crippen LogP contribution in [-0.4, -0.2) is 39.4 Å². The lowest BCUT2D eigenvalue weighted by atomic mass is 10.2. The molecule has 2 N–H and O–H groups in total. The highest BCUT2D eigenvalue weighted by molar-refractivity contribution is 5.79. The van der Waals surface area contributed by atoms with Crippen molar-refractivity contribution >= 4 is 5.96 Å². The van der Waals surface area contributed by atoms with E-state index in [9.17, 15) is 0 Å². The Morgan fingerprint density at radius 1 is 1.13 bits per heavy atom. The molecule has 0 atom stereocenters. The van der Waals surface area contributed by atoms with E-state index < -0.39 is 0 Å². The standard InChI is InChI=1S/C18H31N3O2/c1-4-6-7-11-20-18(19-5-2)21-15-16-9-8-10-17(14-16)23-13-12-22-3/h8-10,14H,4-7,11-13,15H2,1-3H3,(H2,19,20,21). The van der Waals surface area contributed by atoms with Crippen LogP contribution >= 0.6 is 0 Å². The van der Waals surface area contributed by atoms with Crippen molar-refractivity contribution in [2.75, 3.05) is 33.4 Å². The molecule has 1 aromatic carbocycles. The topological polar surface area (TPSA) is 54.9 Å². The predicted octanol–water partition coefficient (Wildman–Crippen LogP) is 2.96. The average molecular weight is 321 g/mol. The second kappa shape index (κ2) is 12.8. The van der Waals surface area contributed by atoms with Gasteiger partial charge in [0.1, 0.15) is 12.4 Å². The Balaban J connectivity index is 2.51. The Labute approximate surface area is 140 Å². The number of hydrogen-bond donors (Lipinski definition) is 2. The van der Waals surface area contributed by atoms with E-state index in [1.807, 2.05) is 18.2 Å². The van der Waals surface area contributed by atoms with Crippen LogP contribution in [0.3, 0.4) is 0 Å². The monoisotopic (exact) mass is 321 g/mol. The third kappa shape index (κ3) is 9.08. The Morgan fingerprint density at radius 2 is 2.00 bits per heavy atom. The molecule has 0 saturated heterocycles. The highest BCUT2D eigenvalue weighted by Crippen LogP contribution is 2.14. The van der Waals surface area contributed by atoms with Gasteiger partial charge >= 0.3 is 0 Å². The highest BCUT2D eigenvalue weighted by atomic mass is 16.5. The smallest absolute Gasteiger partial charge is 0.191 e. The molecular weight excluding hydrogens is 290 g/mol. The summed E-state index contributed by atoms with van der Waals surface area (Å²) in [6.07, 6.45) is 3.64. The lowest BCUT2D eigenvalue weighted by Gasteiger charge is -2.11. The summed E-state index contributed by atoms with van der Waals surface area (Å²) < 4.78 is 10.6. The zero-order valence-electron chi connectivity index (χ0n) is 14.7. The Morgan fingerprint density at radius 3 is 2.74 bits per heavy atom. The van der Waals surface area contributed by atoms with Gasteiger partial charge in [0.25, 0.3) is 0 Å². The fourth-order valence-electron chi connectivity index (χ4n) is 2.07. The van der Waals surface area contributed by atoms with Crippen molar-refractivity contribution < 1.29 is 9.47 Å². The number of aliphatic imine (C=N–C) groups is 1. The van der Waals surface area contributed by atoms with Crippen molar-refractivity contribution in [3.63, 3.8) is 0 Å². The van der Waals surface area contributed by atoms with Crippen molar-refractivity contribution in [1.82, 2.24) is 10.6 Å². The minimum absolute atomic E-state index is 0.560. The maximum absolute atomic E-state index is 5.63. The zero-order chi connectivity index (χ0) is 16.8. The molecule has 0 aliphatic rings. The van der Waals surface area contributed by atoms with Crippen LogP contribution in [0.5, 0.6) is 5.75 Å². The van der Waals surface area contributed by atoms with E-state index in [1.54, 1.807) is 7.11 Å². The SMILES string of the molecule is CCCCCNC(=NCc1cccc(OCCOC)c1)NCC. The lowest BCUT2D eigenvalue weighted by molar-refractivity contribution is 0.146. The molecule has 0 bridgehead atoms. The fraction of sp³-hybridized carbons (Fsp3) is 0.611. The van der Waals surface area contributed by atoms with Crippen LogP contribution in [0.2, 0.25) is 0 Å². The average Bonchev–Trinajstić information content (AvgIpc) is 2.57. The van der Waals surface area contributed by atoms with Crippen molar-refractivity contribution in [3.8, 4) is 5.75 Å². The first-order valence-electron chi connectivity index (χ1n) is 8.53. The number of methoxy groups -OCH3 is 1. The maximum atomic E-state index is 5.63. The van der Waals surface area contributed by atoms with E-state index in [2.05, 4.69) is 35.5 Å². The van der Waals surface area contributed by atoms with Gasteiger partial charge in [-0.2, -0.15) is 0 Å². The second-order valence-electron chi connectivity index (χ2n) is 5.32. The van der Waals surface area contributed by atoms with Gasteiger partial charge in [-0.3, -0.25) is 0 Å². The molecule has 5 heteroatoms. The van der Waals surface area contributed by atoms with E-state index in [0.717, 1.165) is 30.4 Å². The number of nitrogens with zero attached hydrogens (tertiary/aromatic N) is 1. The predicted molar refractivity (Wildman–Crippen MR) is 96.2 cm³/mol. The van der Waals surface area contributed by atoms with Crippen LogP contribution in [0, 0.1) is 0 Å². The number of guanidine groups is 1. The molecule has 1 aromatic rings. The summed E-state index contributed by atoms with van der Waals surface area (Å²) in [6.45, 7) is 7.89. The third-order valence-corrected chi connectivity index (χ3v) is 3.29. The van der Waals surface area contributed by atoms with Gasteiger partial charge in [-0.05, 0) is 31.0 Å². The molecule has 1 rings (SSSR count). The van der Waals surface area contributed by atoms with Gasteiger partial charge in [-0.25, -0.2) is 4.99 Å². The summed E-state index contributed by atoms with van der Waals surface area (Å²) >= 11 is 0. The number of ether oxygens (including phenoxy) is 2. The molecule has 0 spiro atoms. The number of unbranched alkanes of at least 4 members (excludes halogenated alkanes) is 2. The van der Waals surface area contributed by atoms with E-state index in [0.29, 0.717) is 19.8 Å². The molecule has 0 unspecified atom stereocenters. The highest BCUT2D eigenvalue weighted by Gasteiger charge is 1.99. The van der Waals surface area contributed by atoms with Gasteiger partial charge in [0.15, 0.2) is 5.96 Å². The Bertz CT molecular complexity index is 450. The van der Waals surface area contributed by atoms with Crippen LogP contribution < -0.4 is 15.4 Å². The molecular formula is C18H31N3O2. The molecule has 0 saturated carbocycles. The van der Waals surface area contributed by atoms with Crippen LogP contribution in [-0.2, 0) is 11.3 Å². The van der Waals surface area contributed by atoms with Gasteiger partial charge in [0.2, 0.25) is 0 Å².